The van der Waals surface area contributed by atoms with E-state index in [0.717, 1.165) is 33.6 Å². The predicted molar refractivity (Wildman–Crippen MR) is 111 cm³/mol. The van der Waals surface area contributed by atoms with Crippen LogP contribution in [0.2, 0.25) is 0 Å². The lowest BCUT2D eigenvalue weighted by Crippen LogP contribution is -2.32. The van der Waals surface area contributed by atoms with Crippen LogP contribution in [0.5, 0.6) is 0 Å². The number of nitrogen functional groups attached to an aromatic ring is 1. The number of hydrogen-bond acceptors (Lipinski definition) is 3. The summed E-state index contributed by atoms with van der Waals surface area (Å²) in [5.74, 6) is 5.14. The van der Waals surface area contributed by atoms with Crippen LogP contribution in [0.1, 0.15) is 16.1 Å². The largest absolute Gasteiger partial charge is 0.289 e. The van der Waals surface area contributed by atoms with Gasteiger partial charge in [0.2, 0.25) is 0 Å². The van der Waals surface area contributed by atoms with E-state index in [4.69, 9.17) is 10.9 Å². The molecule has 28 heavy (non-hydrogen) atoms. The first kappa shape index (κ1) is 17.7. The molecule has 3 N–H and O–H groups in total. The number of nitrogens with two attached hydrogens (primary N) is 1. The van der Waals surface area contributed by atoms with E-state index in [1.54, 1.807) is 4.68 Å². The molecule has 1 aromatic heterocycles. The Labute approximate surface area is 163 Å². The van der Waals surface area contributed by atoms with Crippen molar-refractivity contribution < 1.29 is 4.79 Å². The topological polar surface area (TPSA) is 72.9 Å². The smallest absolute Gasteiger partial charge is 0.284 e. The molecule has 0 saturated carbocycles. The van der Waals surface area contributed by atoms with Gasteiger partial charge in [0, 0.05) is 11.1 Å². The van der Waals surface area contributed by atoms with Crippen molar-refractivity contribution >= 4 is 5.91 Å². The van der Waals surface area contributed by atoms with E-state index in [0.29, 0.717) is 5.69 Å². The summed E-state index contributed by atoms with van der Waals surface area (Å²) in [6.07, 6.45) is 0. The van der Waals surface area contributed by atoms with Crippen LogP contribution in [0.15, 0.2) is 84.9 Å². The minimum absolute atomic E-state index is 0.394. The number of carbonyl (C=O) groups is 1. The molecule has 0 aliphatic carbocycles. The first-order valence-electron chi connectivity index (χ1n) is 9.01. The minimum atomic E-state index is -0.394. The molecule has 4 aromatic rings. The number of carbonyl (C=O) groups excluding carboxylic acids is 1. The summed E-state index contributed by atoms with van der Waals surface area (Å²) in [4.78, 5) is 12.8. The van der Waals surface area contributed by atoms with E-state index in [2.05, 4.69) is 5.43 Å². The molecule has 0 unspecified atom stereocenters. The normalized spacial score (nSPS) is 10.6. The highest BCUT2D eigenvalue weighted by molar-refractivity contribution is 6.03. The number of hydrogen-bond donors (Lipinski definition) is 2. The fraction of sp³-hybridized carbons (Fsp3) is 0.0435. The average molecular weight is 368 g/mol. The first-order chi connectivity index (χ1) is 13.7. The third kappa shape index (κ3) is 3.19. The van der Waals surface area contributed by atoms with Gasteiger partial charge in [0.15, 0.2) is 0 Å². The number of hydrazine groups is 1. The zero-order chi connectivity index (χ0) is 19.5. The Morgan fingerprint density at radius 1 is 0.857 bits per heavy atom. The van der Waals surface area contributed by atoms with Gasteiger partial charge in [-0.2, -0.15) is 5.10 Å². The molecule has 0 spiro atoms. The lowest BCUT2D eigenvalue weighted by Gasteiger charge is -2.09. The maximum atomic E-state index is 12.8. The first-order valence-corrected chi connectivity index (χ1v) is 9.01. The summed E-state index contributed by atoms with van der Waals surface area (Å²) in [7, 11) is 0. The number of amides is 1. The standard InChI is InChI=1S/C23H20N4O/c1-16-12-14-17(15-13-16)20-21(18-8-4-2-5-9-18)26-27(22(20)23(28)25-24)19-10-6-3-7-11-19/h2-15H,24H2,1H3,(H,25,28). The third-order valence-electron chi connectivity index (χ3n) is 4.62. The highest BCUT2D eigenvalue weighted by Gasteiger charge is 2.26. The molecule has 3 aromatic carbocycles. The number of aryl methyl sites for hydroxylation is 1. The molecule has 4 rings (SSSR count). The van der Waals surface area contributed by atoms with Crippen LogP contribution in [-0.2, 0) is 0 Å². The van der Waals surface area contributed by atoms with Gasteiger partial charge in [-0.15, -0.1) is 0 Å². The van der Waals surface area contributed by atoms with E-state index in [1.807, 2.05) is 91.9 Å². The second-order valence-electron chi connectivity index (χ2n) is 6.53. The molecular weight excluding hydrogens is 348 g/mol. The molecule has 1 heterocycles. The van der Waals surface area contributed by atoms with Crippen molar-refractivity contribution in [2.24, 2.45) is 5.84 Å². The summed E-state index contributed by atoms with van der Waals surface area (Å²) in [5, 5.41) is 4.82. The summed E-state index contributed by atoms with van der Waals surface area (Å²) in [6.45, 7) is 2.03. The lowest BCUT2D eigenvalue weighted by atomic mass is 9.97. The van der Waals surface area contributed by atoms with Gasteiger partial charge in [-0.1, -0.05) is 78.4 Å². The predicted octanol–water partition coefficient (Wildman–Crippen LogP) is 4.12. The minimum Gasteiger partial charge on any atom is -0.289 e. The third-order valence-corrected chi connectivity index (χ3v) is 4.62. The van der Waals surface area contributed by atoms with Gasteiger partial charge < -0.3 is 0 Å². The van der Waals surface area contributed by atoms with Gasteiger partial charge in [0.25, 0.3) is 5.91 Å². The quantitative estimate of drug-likeness (QED) is 0.323. The van der Waals surface area contributed by atoms with Gasteiger partial charge in [-0.25, -0.2) is 10.5 Å². The van der Waals surface area contributed by atoms with Crippen molar-refractivity contribution in [3.8, 4) is 28.1 Å². The number of rotatable bonds is 4. The van der Waals surface area contributed by atoms with Crippen LogP contribution in [0.3, 0.4) is 0 Å². The molecule has 5 heteroatoms. The number of nitrogens with zero attached hydrogens (tertiary/aromatic N) is 2. The molecule has 0 aliphatic heterocycles. The Hall–Kier alpha value is -3.70. The Bertz CT molecular complexity index is 1100. The Balaban J connectivity index is 2.07. The van der Waals surface area contributed by atoms with Gasteiger partial charge in [0.05, 0.1) is 5.69 Å². The molecule has 0 atom stereocenters. The number of benzene rings is 3. The molecule has 5 nitrogen and oxygen atoms in total. The molecule has 0 aliphatic rings. The Morgan fingerprint density at radius 3 is 2.07 bits per heavy atom. The molecule has 0 fully saturated rings. The molecule has 0 bridgehead atoms. The molecule has 0 saturated heterocycles. The van der Waals surface area contributed by atoms with Crippen LogP contribution in [0, 0.1) is 6.92 Å². The second kappa shape index (κ2) is 7.50. The lowest BCUT2D eigenvalue weighted by molar-refractivity contribution is 0.0946. The van der Waals surface area contributed by atoms with Crippen molar-refractivity contribution in [1.82, 2.24) is 15.2 Å². The zero-order valence-corrected chi connectivity index (χ0v) is 15.5. The van der Waals surface area contributed by atoms with Crippen LogP contribution >= 0.6 is 0 Å². The highest BCUT2D eigenvalue weighted by atomic mass is 16.2. The van der Waals surface area contributed by atoms with Crippen LogP contribution in [0.4, 0.5) is 0 Å². The molecular formula is C23H20N4O. The van der Waals surface area contributed by atoms with Gasteiger partial charge >= 0.3 is 0 Å². The summed E-state index contributed by atoms with van der Waals surface area (Å²) in [6, 6.07) is 27.5. The molecule has 1 amide bonds. The van der Waals surface area contributed by atoms with Crippen molar-refractivity contribution in [3.63, 3.8) is 0 Å². The van der Waals surface area contributed by atoms with Crippen molar-refractivity contribution in [2.75, 3.05) is 0 Å². The fourth-order valence-electron chi connectivity index (χ4n) is 3.24. The van der Waals surface area contributed by atoms with Gasteiger partial charge in [-0.05, 0) is 24.6 Å². The fourth-order valence-corrected chi connectivity index (χ4v) is 3.24. The Kier molecular flexibility index (Phi) is 4.74. The number of aromatic nitrogens is 2. The summed E-state index contributed by atoms with van der Waals surface area (Å²) < 4.78 is 1.65. The number of para-hydroxylation sites is 1. The second-order valence-corrected chi connectivity index (χ2v) is 6.53. The van der Waals surface area contributed by atoms with Crippen LogP contribution < -0.4 is 11.3 Å². The summed E-state index contributed by atoms with van der Waals surface area (Å²) in [5.41, 5.74) is 7.92. The maximum absolute atomic E-state index is 12.8. The molecule has 138 valence electrons. The molecule has 0 radical (unpaired) electrons. The van der Waals surface area contributed by atoms with E-state index in [-0.39, 0.29) is 0 Å². The number of nitrogens with one attached hydrogen (secondary N) is 1. The van der Waals surface area contributed by atoms with E-state index < -0.39 is 5.91 Å². The van der Waals surface area contributed by atoms with E-state index in [9.17, 15) is 4.79 Å². The maximum Gasteiger partial charge on any atom is 0.284 e. The van der Waals surface area contributed by atoms with Crippen molar-refractivity contribution in [1.29, 1.82) is 0 Å². The van der Waals surface area contributed by atoms with E-state index >= 15 is 0 Å². The van der Waals surface area contributed by atoms with E-state index in [1.165, 1.54) is 0 Å². The Morgan fingerprint density at radius 2 is 1.46 bits per heavy atom. The average Bonchev–Trinajstić information content (AvgIpc) is 3.15. The van der Waals surface area contributed by atoms with Crippen LogP contribution in [0.25, 0.3) is 28.1 Å². The SMILES string of the molecule is Cc1ccc(-c2c(-c3ccccc3)nn(-c3ccccc3)c2C(=O)NN)cc1. The highest BCUT2D eigenvalue weighted by Crippen LogP contribution is 2.36. The van der Waals surface area contributed by atoms with Gasteiger partial charge in [0.1, 0.15) is 11.4 Å². The van der Waals surface area contributed by atoms with Crippen LogP contribution in [-0.4, -0.2) is 15.7 Å². The van der Waals surface area contributed by atoms with Crippen molar-refractivity contribution in [2.45, 2.75) is 6.92 Å². The summed E-state index contributed by atoms with van der Waals surface area (Å²) >= 11 is 0. The monoisotopic (exact) mass is 368 g/mol. The van der Waals surface area contributed by atoms with Crippen molar-refractivity contribution in [3.05, 3.63) is 96.2 Å². The van der Waals surface area contributed by atoms with Gasteiger partial charge in [-0.3, -0.25) is 10.2 Å². The zero-order valence-electron chi connectivity index (χ0n) is 15.5.